The summed E-state index contributed by atoms with van der Waals surface area (Å²) in [6.07, 6.45) is 1.24. The molecule has 1 aliphatic rings. The van der Waals surface area contributed by atoms with E-state index in [2.05, 4.69) is 20.8 Å². The van der Waals surface area contributed by atoms with Gasteiger partial charge in [-0.15, -0.1) is 0 Å². The summed E-state index contributed by atoms with van der Waals surface area (Å²) in [5, 5.41) is 9.68. The van der Waals surface area contributed by atoms with E-state index in [4.69, 9.17) is 0 Å². The Morgan fingerprint density at radius 1 is 1.30 bits per heavy atom. The molecule has 2 atom stereocenters. The molecule has 0 spiro atoms. The summed E-state index contributed by atoms with van der Waals surface area (Å²) in [5.41, 5.74) is 2.69. The fourth-order valence-electron chi connectivity index (χ4n) is 3.25. The van der Waals surface area contributed by atoms with Gasteiger partial charge in [0.1, 0.15) is 6.29 Å². The molecular formula is C18H17BrFNO2. The van der Waals surface area contributed by atoms with Crippen molar-refractivity contribution in [1.82, 2.24) is 0 Å². The Bertz CT molecular complexity index is 733. The van der Waals surface area contributed by atoms with Gasteiger partial charge in [0, 0.05) is 41.2 Å². The lowest BCUT2D eigenvalue weighted by atomic mass is 9.93. The lowest BCUT2D eigenvalue weighted by Gasteiger charge is -2.27. The lowest BCUT2D eigenvalue weighted by Crippen LogP contribution is -2.31. The average Bonchev–Trinajstić information content (AvgIpc) is 2.76. The molecular weight excluding hydrogens is 361 g/mol. The van der Waals surface area contributed by atoms with Crippen molar-refractivity contribution in [1.29, 1.82) is 0 Å². The second-order valence-electron chi connectivity index (χ2n) is 5.87. The van der Waals surface area contributed by atoms with Gasteiger partial charge >= 0.3 is 0 Å². The second-order valence-corrected chi connectivity index (χ2v) is 6.78. The predicted octanol–water partition coefficient (Wildman–Crippen LogP) is 4.38. The first-order chi connectivity index (χ1) is 11.0. The van der Waals surface area contributed by atoms with Crippen LogP contribution in [0, 0.1) is 5.82 Å². The van der Waals surface area contributed by atoms with Crippen molar-refractivity contribution in [2.24, 2.45) is 0 Å². The van der Waals surface area contributed by atoms with Crippen molar-refractivity contribution in [2.75, 3.05) is 4.90 Å². The number of carbonyl (C=O) groups is 1. The van der Waals surface area contributed by atoms with Crippen LogP contribution in [0.4, 0.5) is 10.1 Å². The molecule has 0 aromatic heterocycles. The molecule has 1 heterocycles. The molecule has 1 N–H and O–H groups in total. The van der Waals surface area contributed by atoms with Gasteiger partial charge in [0.25, 0.3) is 0 Å². The molecule has 2 aromatic rings. The minimum atomic E-state index is -0.636. The first-order valence-corrected chi connectivity index (χ1v) is 8.27. The summed E-state index contributed by atoms with van der Waals surface area (Å²) in [5.74, 6) is -1.04. The standard InChI is InChI=1S/C18H17BrFNO2/c1-11-14(6-7-22)15-8-18(23)16(20)9-17(15)21(11)10-12-2-4-13(19)5-3-12/h2-5,7-9,11,14,23H,6,10H2,1H3. The van der Waals surface area contributed by atoms with Gasteiger partial charge in [-0.2, -0.15) is 0 Å². The summed E-state index contributed by atoms with van der Waals surface area (Å²) in [7, 11) is 0. The quantitative estimate of drug-likeness (QED) is 0.803. The van der Waals surface area contributed by atoms with Crippen LogP contribution in [0.2, 0.25) is 0 Å². The van der Waals surface area contributed by atoms with Crippen LogP contribution < -0.4 is 4.90 Å². The van der Waals surface area contributed by atoms with E-state index in [1.165, 1.54) is 12.1 Å². The summed E-state index contributed by atoms with van der Waals surface area (Å²) in [6.45, 7) is 2.66. The highest BCUT2D eigenvalue weighted by molar-refractivity contribution is 9.10. The molecule has 5 heteroatoms. The maximum Gasteiger partial charge on any atom is 0.166 e. The molecule has 0 saturated carbocycles. The Morgan fingerprint density at radius 3 is 2.65 bits per heavy atom. The molecule has 0 amide bonds. The average molecular weight is 378 g/mol. The van der Waals surface area contributed by atoms with Gasteiger partial charge in [0.05, 0.1) is 0 Å². The fourth-order valence-corrected chi connectivity index (χ4v) is 3.52. The number of nitrogens with zero attached hydrogens (tertiary/aromatic N) is 1. The zero-order valence-corrected chi connectivity index (χ0v) is 14.3. The van der Waals surface area contributed by atoms with Gasteiger partial charge < -0.3 is 14.8 Å². The molecule has 120 valence electrons. The van der Waals surface area contributed by atoms with Crippen LogP contribution in [0.5, 0.6) is 5.75 Å². The molecule has 1 aliphatic heterocycles. The van der Waals surface area contributed by atoms with Crippen molar-refractivity contribution in [3.05, 3.63) is 57.8 Å². The number of carbonyl (C=O) groups excluding carboxylic acids is 1. The summed E-state index contributed by atoms with van der Waals surface area (Å²) >= 11 is 3.41. The van der Waals surface area contributed by atoms with E-state index in [0.29, 0.717) is 13.0 Å². The van der Waals surface area contributed by atoms with Crippen molar-refractivity contribution < 1.29 is 14.3 Å². The molecule has 0 aliphatic carbocycles. The Labute approximate surface area is 142 Å². The number of aldehydes is 1. The van der Waals surface area contributed by atoms with Crippen LogP contribution in [0.3, 0.4) is 0 Å². The Hall–Kier alpha value is -1.88. The molecule has 23 heavy (non-hydrogen) atoms. The predicted molar refractivity (Wildman–Crippen MR) is 91.3 cm³/mol. The molecule has 0 fully saturated rings. The zero-order valence-electron chi connectivity index (χ0n) is 12.7. The van der Waals surface area contributed by atoms with E-state index in [-0.39, 0.29) is 17.7 Å². The van der Waals surface area contributed by atoms with Gasteiger partial charge in [0.15, 0.2) is 11.6 Å². The Morgan fingerprint density at radius 2 is 2.00 bits per heavy atom. The maximum atomic E-state index is 13.8. The number of anilines is 1. The van der Waals surface area contributed by atoms with Crippen molar-refractivity contribution >= 4 is 27.9 Å². The van der Waals surface area contributed by atoms with Gasteiger partial charge in [0.2, 0.25) is 0 Å². The number of halogens is 2. The molecule has 2 aromatic carbocycles. The van der Waals surface area contributed by atoms with Gasteiger partial charge in [-0.3, -0.25) is 0 Å². The number of aromatic hydroxyl groups is 1. The number of hydrogen-bond acceptors (Lipinski definition) is 3. The Balaban J connectivity index is 1.99. The third-order valence-electron chi connectivity index (χ3n) is 4.50. The summed E-state index contributed by atoms with van der Waals surface area (Å²) in [6, 6.07) is 10.8. The van der Waals surface area contributed by atoms with Crippen LogP contribution in [-0.2, 0) is 11.3 Å². The number of phenols is 1. The minimum Gasteiger partial charge on any atom is -0.505 e. The van der Waals surface area contributed by atoms with Crippen molar-refractivity contribution in [3.8, 4) is 5.75 Å². The number of hydrogen-bond donors (Lipinski definition) is 1. The van der Waals surface area contributed by atoms with E-state index in [9.17, 15) is 14.3 Å². The highest BCUT2D eigenvalue weighted by Crippen LogP contribution is 2.45. The zero-order chi connectivity index (χ0) is 16.6. The maximum absolute atomic E-state index is 13.8. The number of benzene rings is 2. The third kappa shape index (κ3) is 2.98. The number of fused-ring (bicyclic) bond motifs is 1. The molecule has 0 bridgehead atoms. The highest BCUT2D eigenvalue weighted by Gasteiger charge is 2.36. The minimum absolute atomic E-state index is 0.0375. The number of phenolic OH excluding ortho intramolecular Hbond substituents is 1. The van der Waals surface area contributed by atoms with Crippen molar-refractivity contribution in [2.45, 2.75) is 31.8 Å². The first-order valence-electron chi connectivity index (χ1n) is 7.48. The normalized spacial score (nSPS) is 19.7. The van der Waals surface area contributed by atoms with E-state index in [0.717, 1.165) is 27.6 Å². The van der Waals surface area contributed by atoms with Gasteiger partial charge in [-0.1, -0.05) is 28.1 Å². The second kappa shape index (κ2) is 6.32. The smallest absolute Gasteiger partial charge is 0.166 e. The monoisotopic (exact) mass is 377 g/mol. The largest absolute Gasteiger partial charge is 0.505 e. The van der Waals surface area contributed by atoms with E-state index in [1.807, 2.05) is 31.2 Å². The van der Waals surface area contributed by atoms with Gasteiger partial charge in [-0.05, 0) is 36.2 Å². The van der Waals surface area contributed by atoms with Crippen LogP contribution in [0.15, 0.2) is 40.9 Å². The van der Waals surface area contributed by atoms with E-state index in [1.54, 1.807) is 0 Å². The molecule has 2 unspecified atom stereocenters. The highest BCUT2D eigenvalue weighted by atomic mass is 79.9. The van der Waals surface area contributed by atoms with Gasteiger partial charge in [-0.25, -0.2) is 4.39 Å². The fraction of sp³-hybridized carbons (Fsp3) is 0.278. The van der Waals surface area contributed by atoms with Crippen molar-refractivity contribution in [3.63, 3.8) is 0 Å². The summed E-state index contributed by atoms with van der Waals surface area (Å²) < 4.78 is 14.8. The number of rotatable bonds is 4. The molecule has 3 nitrogen and oxygen atoms in total. The van der Waals surface area contributed by atoms with Crippen LogP contribution >= 0.6 is 15.9 Å². The molecule has 0 radical (unpaired) electrons. The first kappa shape index (κ1) is 16.0. The van der Waals surface area contributed by atoms with Crippen LogP contribution in [-0.4, -0.2) is 17.4 Å². The molecule has 3 rings (SSSR count). The molecule has 0 saturated heterocycles. The third-order valence-corrected chi connectivity index (χ3v) is 5.02. The topological polar surface area (TPSA) is 40.5 Å². The van der Waals surface area contributed by atoms with E-state index >= 15 is 0 Å². The lowest BCUT2D eigenvalue weighted by molar-refractivity contribution is -0.108. The van der Waals surface area contributed by atoms with Crippen LogP contribution in [0.1, 0.15) is 30.4 Å². The SMILES string of the molecule is CC1C(CC=O)c2cc(O)c(F)cc2N1Cc1ccc(Br)cc1. The van der Waals surface area contributed by atoms with E-state index < -0.39 is 5.82 Å². The Kier molecular flexibility index (Phi) is 4.39. The summed E-state index contributed by atoms with van der Waals surface area (Å²) in [4.78, 5) is 13.1. The van der Waals surface area contributed by atoms with Crippen LogP contribution in [0.25, 0.3) is 0 Å².